The van der Waals surface area contributed by atoms with E-state index < -0.39 is 23.7 Å². The van der Waals surface area contributed by atoms with Gasteiger partial charge in [-0.05, 0) is 12.5 Å². The third-order valence-corrected chi connectivity index (χ3v) is 5.71. The summed E-state index contributed by atoms with van der Waals surface area (Å²) in [7, 11) is 0. The van der Waals surface area contributed by atoms with Gasteiger partial charge in [-0.3, -0.25) is 14.4 Å². The Hall–Kier alpha value is -3.37. The normalized spacial score (nSPS) is 18.7. The van der Waals surface area contributed by atoms with Gasteiger partial charge in [-0.2, -0.15) is 5.26 Å². The highest BCUT2D eigenvalue weighted by Gasteiger charge is 2.41. The SMILES string of the molecule is Cc1ccc(C(=O)CSC2=C(C(N)=O)[C@@H](c3ccccc3)[C@H](C#N)C(=O)N2)cc1. The number of carbonyl (C=O) groups excluding carboxylic acids is 3. The Labute approximate surface area is 172 Å². The Bertz CT molecular complexity index is 1020. The first-order valence-corrected chi connectivity index (χ1v) is 9.93. The van der Waals surface area contributed by atoms with Crippen molar-refractivity contribution < 1.29 is 14.4 Å². The molecule has 2 aromatic carbocycles. The Balaban J connectivity index is 1.94. The lowest BCUT2D eigenvalue weighted by Gasteiger charge is -2.30. The predicted molar refractivity (Wildman–Crippen MR) is 111 cm³/mol. The summed E-state index contributed by atoms with van der Waals surface area (Å²) in [5, 5.41) is 12.3. The van der Waals surface area contributed by atoms with Crippen LogP contribution >= 0.6 is 11.8 Å². The third-order valence-electron chi connectivity index (χ3n) is 4.69. The summed E-state index contributed by atoms with van der Waals surface area (Å²) in [5.74, 6) is -3.24. The van der Waals surface area contributed by atoms with Gasteiger partial charge in [0, 0.05) is 11.5 Å². The van der Waals surface area contributed by atoms with E-state index >= 15 is 0 Å². The van der Waals surface area contributed by atoms with Crippen LogP contribution in [-0.4, -0.2) is 23.4 Å². The second-order valence-corrected chi connectivity index (χ2v) is 7.65. The molecule has 1 aliphatic heterocycles. The minimum absolute atomic E-state index is 0.0220. The molecule has 0 aliphatic carbocycles. The monoisotopic (exact) mass is 405 g/mol. The van der Waals surface area contributed by atoms with Crippen molar-refractivity contribution in [2.24, 2.45) is 11.7 Å². The molecule has 0 saturated carbocycles. The van der Waals surface area contributed by atoms with Crippen molar-refractivity contribution in [3.05, 3.63) is 81.9 Å². The third kappa shape index (κ3) is 4.39. The number of nitrogens with zero attached hydrogens (tertiary/aromatic N) is 1. The van der Waals surface area contributed by atoms with E-state index in [2.05, 4.69) is 5.32 Å². The fourth-order valence-electron chi connectivity index (χ4n) is 3.21. The first-order chi connectivity index (χ1) is 13.9. The number of rotatable bonds is 6. The molecule has 6 nitrogen and oxygen atoms in total. The minimum Gasteiger partial charge on any atom is -0.366 e. The molecule has 0 aromatic heterocycles. The highest BCUT2D eigenvalue weighted by molar-refractivity contribution is 8.03. The van der Waals surface area contributed by atoms with E-state index in [-0.39, 0.29) is 22.1 Å². The number of nitrogens with two attached hydrogens (primary N) is 1. The fourth-order valence-corrected chi connectivity index (χ4v) is 4.21. The highest BCUT2D eigenvalue weighted by Crippen LogP contribution is 2.39. The van der Waals surface area contributed by atoms with Crippen LogP contribution < -0.4 is 11.1 Å². The van der Waals surface area contributed by atoms with E-state index in [1.54, 1.807) is 42.5 Å². The number of carbonyl (C=O) groups is 3. The summed E-state index contributed by atoms with van der Waals surface area (Å²) < 4.78 is 0. The van der Waals surface area contributed by atoms with Gasteiger partial charge in [0.25, 0.3) is 0 Å². The summed E-state index contributed by atoms with van der Waals surface area (Å²) in [4.78, 5) is 37.3. The Morgan fingerprint density at radius 3 is 2.38 bits per heavy atom. The second-order valence-electron chi connectivity index (χ2n) is 6.67. The Morgan fingerprint density at radius 2 is 1.79 bits per heavy atom. The first kappa shape index (κ1) is 20.4. The first-order valence-electron chi connectivity index (χ1n) is 8.94. The molecule has 0 bridgehead atoms. The highest BCUT2D eigenvalue weighted by atomic mass is 32.2. The molecular formula is C22H19N3O3S. The Morgan fingerprint density at radius 1 is 1.14 bits per heavy atom. The molecule has 0 saturated heterocycles. The number of benzene rings is 2. The second kappa shape index (κ2) is 8.76. The summed E-state index contributed by atoms with van der Waals surface area (Å²) in [5.41, 5.74) is 8.00. The number of nitrogens with one attached hydrogen (secondary N) is 1. The molecule has 0 radical (unpaired) electrons. The number of Topliss-reactive ketones (excluding diaryl/α,β-unsaturated/α-hetero) is 1. The van der Waals surface area contributed by atoms with Crippen molar-refractivity contribution in [1.29, 1.82) is 5.26 Å². The fraction of sp³-hybridized carbons (Fsp3) is 0.182. The molecule has 2 aromatic rings. The zero-order valence-corrected chi connectivity index (χ0v) is 16.5. The van der Waals surface area contributed by atoms with Gasteiger partial charge < -0.3 is 11.1 Å². The van der Waals surface area contributed by atoms with Gasteiger partial charge in [-0.1, -0.05) is 71.9 Å². The zero-order chi connectivity index (χ0) is 21.0. The van der Waals surface area contributed by atoms with Gasteiger partial charge in [0.15, 0.2) is 5.78 Å². The summed E-state index contributed by atoms with van der Waals surface area (Å²) in [6.07, 6.45) is 0. The molecule has 0 fully saturated rings. The van der Waals surface area contributed by atoms with E-state index in [9.17, 15) is 19.6 Å². The maximum Gasteiger partial charge on any atom is 0.247 e. The molecule has 1 heterocycles. The standard InChI is InChI=1S/C22H19N3O3S/c1-13-7-9-14(10-8-13)17(26)12-29-22-19(20(24)27)18(15-5-3-2-4-6-15)16(11-23)21(28)25-22/h2-10,16,18H,12H2,1H3,(H2,24,27)(H,25,28)/t16-,18-/m0/s1. The number of ketones is 1. The van der Waals surface area contributed by atoms with Crippen LogP contribution in [0.5, 0.6) is 0 Å². The number of aryl methyl sites for hydroxylation is 1. The van der Waals surface area contributed by atoms with Crippen LogP contribution in [0.1, 0.15) is 27.4 Å². The molecule has 0 unspecified atom stereocenters. The van der Waals surface area contributed by atoms with E-state index in [0.717, 1.165) is 17.3 Å². The van der Waals surface area contributed by atoms with Crippen LogP contribution in [0.25, 0.3) is 0 Å². The van der Waals surface area contributed by atoms with Crippen LogP contribution in [0.2, 0.25) is 0 Å². The molecule has 3 N–H and O–H groups in total. The predicted octanol–water partition coefficient (Wildman–Crippen LogP) is 2.66. The van der Waals surface area contributed by atoms with E-state index in [1.807, 2.05) is 25.1 Å². The summed E-state index contributed by atoms with van der Waals surface area (Å²) in [6.45, 7) is 1.93. The molecule has 1 aliphatic rings. The summed E-state index contributed by atoms with van der Waals surface area (Å²) in [6, 6.07) is 18.0. The minimum atomic E-state index is -1.09. The van der Waals surface area contributed by atoms with Gasteiger partial charge >= 0.3 is 0 Å². The molecule has 29 heavy (non-hydrogen) atoms. The van der Waals surface area contributed by atoms with E-state index in [4.69, 9.17) is 5.73 Å². The van der Waals surface area contributed by atoms with Crippen LogP contribution in [-0.2, 0) is 9.59 Å². The van der Waals surface area contributed by atoms with Crippen LogP contribution in [0.3, 0.4) is 0 Å². The lowest BCUT2D eigenvalue weighted by atomic mass is 9.78. The number of primary amides is 1. The molecule has 3 rings (SSSR count). The van der Waals surface area contributed by atoms with Crippen molar-refractivity contribution in [2.45, 2.75) is 12.8 Å². The van der Waals surface area contributed by atoms with Crippen molar-refractivity contribution in [1.82, 2.24) is 5.32 Å². The molecule has 7 heteroatoms. The number of hydrogen-bond donors (Lipinski definition) is 2. The van der Waals surface area contributed by atoms with Crippen LogP contribution in [0.15, 0.2) is 65.2 Å². The topological polar surface area (TPSA) is 113 Å². The molecule has 0 spiro atoms. The molecule has 2 atom stereocenters. The van der Waals surface area contributed by atoms with Gasteiger partial charge in [0.2, 0.25) is 11.8 Å². The van der Waals surface area contributed by atoms with Crippen molar-refractivity contribution in [2.75, 3.05) is 5.75 Å². The van der Waals surface area contributed by atoms with Gasteiger partial charge in [0.05, 0.1) is 22.4 Å². The summed E-state index contributed by atoms with van der Waals surface area (Å²) >= 11 is 1.04. The van der Waals surface area contributed by atoms with Gasteiger partial charge in [0.1, 0.15) is 5.92 Å². The van der Waals surface area contributed by atoms with Crippen molar-refractivity contribution in [3.63, 3.8) is 0 Å². The number of amides is 2. The molecule has 2 amide bonds. The average molecular weight is 405 g/mol. The smallest absolute Gasteiger partial charge is 0.247 e. The lowest BCUT2D eigenvalue weighted by molar-refractivity contribution is -0.123. The molecular weight excluding hydrogens is 386 g/mol. The largest absolute Gasteiger partial charge is 0.366 e. The van der Waals surface area contributed by atoms with Gasteiger partial charge in [-0.25, -0.2) is 0 Å². The van der Waals surface area contributed by atoms with Crippen LogP contribution in [0.4, 0.5) is 0 Å². The number of nitriles is 1. The molecule has 146 valence electrons. The average Bonchev–Trinajstić information content (AvgIpc) is 2.72. The van der Waals surface area contributed by atoms with E-state index in [1.165, 1.54) is 0 Å². The van der Waals surface area contributed by atoms with Crippen molar-refractivity contribution in [3.8, 4) is 6.07 Å². The maximum absolute atomic E-state index is 12.5. The van der Waals surface area contributed by atoms with Crippen LogP contribution in [0, 0.1) is 24.2 Å². The quantitative estimate of drug-likeness (QED) is 0.718. The van der Waals surface area contributed by atoms with E-state index in [0.29, 0.717) is 11.1 Å². The van der Waals surface area contributed by atoms with Crippen molar-refractivity contribution >= 4 is 29.4 Å². The zero-order valence-electron chi connectivity index (χ0n) is 15.7. The number of hydrogen-bond acceptors (Lipinski definition) is 5. The lowest BCUT2D eigenvalue weighted by Crippen LogP contribution is -2.42. The number of thioether (sulfide) groups is 1. The van der Waals surface area contributed by atoms with Gasteiger partial charge in [-0.15, -0.1) is 0 Å². The maximum atomic E-state index is 12.5. The Kier molecular flexibility index (Phi) is 6.15.